The van der Waals surface area contributed by atoms with Gasteiger partial charge in [0.15, 0.2) is 0 Å². The van der Waals surface area contributed by atoms with Gasteiger partial charge in [-0.25, -0.2) is 5.43 Å². The van der Waals surface area contributed by atoms with Crippen molar-refractivity contribution in [2.45, 2.75) is 26.7 Å². The average Bonchev–Trinajstić information content (AvgIpc) is 3.53. The van der Waals surface area contributed by atoms with Gasteiger partial charge in [-0.2, -0.15) is 5.10 Å². The van der Waals surface area contributed by atoms with Gasteiger partial charge in [0.2, 0.25) is 5.91 Å². The van der Waals surface area contributed by atoms with Crippen LogP contribution in [0.1, 0.15) is 42.6 Å². The minimum absolute atomic E-state index is 0.0794. The van der Waals surface area contributed by atoms with Crippen LogP contribution in [0.4, 0.5) is 5.69 Å². The molecule has 1 aliphatic carbocycles. The zero-order valence-electron chi connectivity index (χ0n) is 15.5. The van der Waals surface area contributed by atoms with Gasteiger partial charge in [-0.1, -0.05) is 12.1 Å². The van der Waals surface area contributed by atoms with Crippen molar-refractivity contribution in [3.63, 3.8) is 0 Å². The fourth-order valence-electron chi connectivity index (χ4n) is 2.52. The van der Waals surface area contributed by atoms with Crippen molar-refractivity contribution in [3.05, 3.63) is 59.7 Å². The molecule has 0 atom stereocenters. The summed E-state index contributed by atoms with van der Waals surface area (Å²) in [6.07, 6.45) is 1.95. The molecule has 0 heterocycles. The number of hydrazone groups is 1. The highest BCUT2D eigenvalue weighted by molar-refractivity contribution is 6.01. The molecule has 1 fully saturated rings. The number of carbonyl (C=O) groups excluding carboxylic acids is 2. The van der Waals surface area contributed by atoms with Crippen LogP contribution in [0, 0.1) is 5.92 Å². The molecule has 2 amide bonds. The molecule has 1 saturated carbocycles. The third-order valence-electron chi connectivity index (χ3n) is 4.27. The monoisotopic (exact) mass is 365 g/mol. The van der Waals surface area contributed by atoms with Crippen LogP contribution in [-0.2, 0) is 4.79 Å². The van der Waals surface area contributed by atoms with Crippen molar-refractivity contribution in [2.75, 3.05) is 11.9 Å². The predicted octanol–water partition coefficient (Wildman–Crippen LogP) is 3.59. The van der Waals surface area contributed by atoms with Gasteiger partial charge in [0, 0.05) is 17.2 Å². The lowest BCUT2D eigenvalue weighted by atomic mass is 10.1. The molecule has 0 saturated heterocycles. The first-order valence-corrected chi connectivity index (χ1v) is 9.05. The van der Waals surface area contributed by atoms with E-state index in [1.54, 1.807) is 24.3 Å². The Hall–Kier alpha value is -3.15. The Bertz CT molecular complexity index is 838. The summed E-state index contributed by atoms with van der Waals surface area (Å²) >= 11 is 0. The highest BCUT2D eigenvalue weighted by atomic mass is 16.5. The van der Waals surface area contributed by atoms with E-state index in [4.69, 9.17) is 4.74 Å². The first-order chi connectivity index (χ1) is 13.1. The number of ether oxygens (including phenoxy) is 1. The smallest absolute Gasteiger partial charge is 0.271 e. The molecule has 0 bridgehead atoms. The van der Waals surface area contributed by atoms with E-state index < -0.39 is 0 Å². The van der Waals surface area contributed by atoms with Gasteiger partial charge in [-0.15, -0.1) is 0 Å². The quantitative estimate of drug-likeness (QED) is 0.581. The molecule has 0 aliphatic heterocycles. The van der Waals surface area contributed by atoms with E-state index in [-0.39, 0.29) is 17.7 Å². The molecule has 0 radical (unpaired) electrons. The van der Waals surface area contributed by atoms with Crippen molar-refractivity contribution >= 4 is 23.2 Å². The molecule has 0 aromatic heterocycles. The van der Waals surface area contributed by atoms with Crippen LogP contribution in [0.3, 0.4) is 0 Å². The zero-order chi connectivity index (χ0) is 19.2. The van der Waals surface area contributed by atoms with Gasteiger partial charge >= 0.3 is 0 Å². The molecule has 2 aromatic carbocycles. The van der Waals surface area contributed by atoms with E-state index in [1.807, 2.05) is 38.1 Å². The van der Waals surface area contributed by atoms with E-state index in [0.29, 0.717) is 17.9 Å². The van der Waals surface area contributed by atoms with Gasteiger partial charge in [0.05, 0.1) is 12.3 Å². The summed E-state index contributed by atoms with van der Waals surface area (Å²) in [5.41, 5.74) is 5.37. The Morgan fingerprint density at radius 3 is 2.26 bits per heavy atom. The summed E-state index contributed by atoms with van der Waals surface area (Å²) in [5, 5.41) is 7.05. The average molecular weight is 365 g/mol. The van der Waals surface area contributed by atoms with Crippen LogP contribution in [-0.4, -0.2) is 24.1 Å². The maximum Gasteiger partial charge on any atom is 0.271 e. The normalized spacial score (nSPS) is 13.8. The fraction of sp³-hybridized carbons (Fsp3) is 0.286. The van der Waals surface area contributed by atoms with Gasteiger partial charge in [-0.3, -0.25) is 9.59 Å². The third kappa shape index (κ3) is 5.17. The van der Waals surface area contributed by atoms with Gasteiger partial charge in [0.25, 0.3) is 5.91 Å². The number of hydrogen-bond donors (Lipinski definition) is 2. The number of anilines is 1. The number of carbonyl (C=O) groups is 2. The van der Waals surface area contributed by atoms with Crippen LogP contribution in [0.25, 0.3) is 0 Å². The molecular weight excluding hydrogens is 342 g/mol. The lowest BCUT2D eigenvalue weighted by Gasteiger charge is -2.07. The van der Waals surface area contributed by atoms with Crippen LogP contribution < -0.4 is 15.5 Å². The van der Waals surface area contributed by atoms with Crippen LogP contribution in [0.5, 0.6) is 5.75 Å². The Morgan fingerprint density at radius 1 is 1.04 bits per heavy atom. The minimum Gasteiger partial charge on any atom is -0.494 e. The van der Waals surface area contributed by atoms with Crippen LogP contribution >= 0.6 is 0 Å². The van der Waals surface area contributed by atoms with Crippen molar-refractivity contribution in [1.82, 2.24) is 5.43 Å². The molecule has 0 unspecified atom stereocenters. The second-order valence-corrected chi connectivity index (χ2v) is 6.44. The Kier molecular flexibility index (Phi) is 5.86. The van der Waals surface area contributed by atoms with Crippen LogP contribution in [0.2, 0.25) is 0 Å². The third-order valence-corrected chi connectivity index (χ3v) is 4.27. The van der Waals surface area contributed by atoms with Crippen LogP contribution in [0.15, 0.2) is 53.6 Å². The van der Waals surface area contributed by atoms with Gasteiger partial charge in [0.1, 0.15) is 5.75 Å². The number of nitrogens with zero attached hydrogens (tertiary/aromatic N) is 1. The molecule has 1 aliphatic rings. The first-order valence-electron chi connectivity index (χ1n) is 9.05. The lowest BCUT2D eigenvalue weighted by molar-refractivity contribution is -0.117. The van der Waals surface area contributed by atoms with Crippen molar-refractivity contribution < 1.29 is 14.3 Å². The fourth-order valence-corrected chi connectivity index (χ4v) is 2.52. The van der Waals surface area contributed by atoms with E-state index in [2.05, 4.69) is 15.8 Å². The van der Waals surface area contributed by atoms with E-state index in [9.17, 15) is 9.59 Å². The molecule has 140 valence electrons. The molecule has 6 heteroatoms. The Labute approximate surface area is 158 Å². The van der Waals surface area contributed by atoms with Crippen molar-refractivity contribution in [3.8, 4) is 5.75 Å². The van der Waals surface area contributed by atoms with Gasteiger partial charge in [-0.05, 0) is 68.7 Å². The molecule has 6 nitrogen and oxygen atoms in total. The Morgan fingerprint density at radius 2 is 1.67 bits per heavy atom. The van der Waals surface area contributed by atoms with E-state index in [1.165, 1.54) is 0 Å². The minimum atomic E-state index is -0.286. The summed E-state index contributed by atoms with van der Waals surface area (Å²) in [4.78, 5) is 24.0. The number of nitrogens with one attached hydrogen (secondary N) is 2. The number of amides is 2. The molecule has 3 rings (SSSR count). The largest absolute Gasteiger partial charge is 0.494 e. The van der Waals surface area contributed by atoms with E-state index in [0.717, 1.165) is 29.8 Å². The maximum absolute atomic E-state index is 12.2. The topological polar surface area (TPSA) is 79.8 Å². The highest BCUT2D eigenvalue weighted by Gasteiger charge is 2.29. The Balaban J connectivity index is 1.57. The molecule has 0 spiro atoms. The summed E-state index contributed by atoms with van der Waals surface area (Å²) < 4.78 is 5.36. The zero-order valence-corrected chi connectivity index (χ0v) is 15.5. The molecular formula is C21H23N3O3. The second-order valence-electron chi connectivity index (χ2n) is 6.44. The first kappa shape index (κ1) is 18.6. The maximum atomic E-state index is 12.2. The number of hydrogen-bond acceptors (Lipinski definition) is 4. The van der Waals surface area contributed by atoms with Crippen molar-refractivity contribution in [2.24, 2.45) is 11.0 Å². The standard InChI is InChI=1S/C21H23N3O3/c1-3-27-19-12-8-17(9-13-19)21(26)24-23-14(2)15-6-10-18(11-7-15)22-20(25)16-4-5-16/h6-13,16H,3-5H2,1-2H3,(H,22,25)(H,24,26). The molecule has 2 N–H and O–H groups in total. The SMILES string of the molecule is CCOc1ccc(C(=O)NN=C(C)c2ccc(NC(=O)C3CC3)cc2)cc1. The number of rotatable bonds is 7. The second kappa shape index (κ2) is 8.49. The summed E-state index contributed by atoms with van der Waals surface area (Å²) in [6.45, 7) is 4.31. The van der Waals surface area contributed by atoms with E-state index >= 15 is 0 Å². The van der Waals surface area contributed by atoms with Gasteiger partial charge < -0.3 is 10.1 Å². The summed E-state index contributed by atoms with van der Waals surface area (Å²) in [5.74, 6) is 0.690. The summed E-state index contributed by atoms with van der Waals surface area (Å²) in [7, 11) is 0. The highest BCUT2D eigenvalue weighted by Crippen LogP contribution is 2.30. The molecule has 27 heavy (non-hydrogen) atoms. The lowest BCUT2D eigenvalue weighted by Crippen LogP contribution is -2.19. The molecule has 2 aromatic rings. The predicted molar refractivity (Wildman–Crippen MR) is 105 cm³/mol. The number of benzene rings is 2. The van der Waals surface area contributed by atoms with Crippen molar-refractivity contribution in [1.29, 1.82) is 0 Å². The summed E-state index contributed by atoms with van der Waals surface area (Å²) in [6, 6.07) is 14.3.